The van der Waals surface area contributed by atoms with Crippen molar-refractivity contribution in [3.8, 4) is 0 Å². The highest BCUT2D eigenvalue weighted by Crippen LogP contribution is 2.19. The molecular formula is C37H61NO7S2. The lowest BCUT2D eigenvalue weighted by Gasteiger charge is -2.12. The molecule has 0 radical (unpaired) electrons. The normalized spacial score (nSPS) is 16.1. The monoisotopic (exact) mass is 695 g/mol. The minimum Gasteiger partial charge on any atom is -0.744 e. The number of carbonyl (C=O) groups is 1. The zero-order valence-electron chi connectivity index (χ0n) is 29.1. The molecule has 1 saturated heterocycles. The van der Waals surface area contributed by atoms with Crippen molar-refractivity contribution in [3.05, 3.63) is 46.9 Å². The van der Waals surface area contributed by atoms with E-state index in [1.807, 2.05) is 6.92 Å². The Kier molecular flexibility index (Phi) is 22.9. The summed E-state index contributed by atoms with van der Waals surface area (Å²) in [5, 5.41) is 2.08. The third-order valence-electron chi connectivity index (χ3n) is 8.42. The lowest BCUT2D eigenvalue weighted by Crippen LogP contribution is -2.29. The van der Waals surface area contributed by atoms with Crippen molar-refractivity contribution in [1.82, 2.24) is 0 Å². The molecule has 47 heavy (non-hydrogen) atoms. The maximum atomic E-state index is 12.0. The van der Waals surface area contributed by atoms with Gasteiger partial charge in [-0.2, -0.15) is 4.57 Å². The Morgan fingerprint density at radius 2 is 1.45 bits per heavy atom. The van der Waals surface area contributed by atoms with Gasteiger partial charge in [-0.3, -0.25) is 4.79 Å². The Bertz CT molecular complexity index is 1140. The zero-order valence-corrected chi connectivity index (χ0v) is 30.7. The summed E-state index contributed by atoms with van der Waals surface area (Å²) in [6.07, 6.45) is 27.0. The van der Waals surface area contributed by atoms with Crippen LogP contribution in [0.4, 0.5) is 0 Å². The van der Waals surface area contributed by atoms with Crippen LogP contribution in [-0.4, -0.2) is 44.5 Å². The van der Waals surface area contributed by atoms with E-state index in [0.29, 0.717) is 19.6 Å². The molecule has 2 atom stereocenters. The number of nitrogens with zero attached hydrogens (tertiary/aromatic N) is 1. The van der Waals surface area contributed by atoms with E-state index < -0.39 is 10.1 Å². The number of esters is 1. The number of rotatable bonds is 25. The van der Waals surface area contributed by atoms with Gasteiger partial charge in [0, 0.05) is 12.8 Å². The Labute approximate surface area is 289 Å². The van der Waals surface area contributed by atoms with Gasteiger partial charge < -0.3 is 18.8 Å². The van der Waals surface area contributed by atoms with Crippen LogP contribution in [0.15, 0.2) is 46.2 Å². The molecule has 2 heterocycles. The molecule has 1 aliphatic heterocycles. The third-order valence-corrected chi connectivity index (χ3v) is 9.94. The van der Waals surface area contributed by atoms with Crippen molar-refractivity contribution in [2.24, 2.45) is 0 Å². The Morgan fingerprint density at radius 3 is 2.00 bits per heavy atom. The van der Waals surface area contributed by atoms with Gasteiger partial charge >= 0.3 is 5.97 Å². The second-order valence-electron chi connectivity index (χ2n) is 12.8. The van der Waals surface area contributed by atoms with E-state index in [9.17, 15) is 17.8 Å². The summed E-state index contributed by atoms with van der Waals surface area (Å²) in [5.74, 6) is -0.118. The third kappa shape index (κ3) is 21.7. The van der Waals surface area contributed by atoms with Gasteiger partial charge in [0.25, 0.3) is 0 Å². The lowest BCUT2D eigenvalue weighted by atomic mass is 10.0. The van der Waals surface area contributed by atoms with Crippen LogP contribution >= 0.6 is 11.3 Å². The van der Waals surface area contributed by atoms with Crippen molar-refractivity contribution >= 4 is 27.4 Å². The predicted octanol–water partition coefficient (Wildman–Crippen LogP) is 9.04. The molecule has 0 aliphatic carbocycles. The number of benzene rings is 1. The molecule has 0 N–H and O–H groups in total. The van der Waals surface area contributed by atoms with Crippen LogP contribution in [0, 0.1) is 6.92 Å². The predicted molar refractivity (Wildman–Crippen MR) is 187 cm³/mol. The molecule has 0 spiro atoms. The highest BCUT2D eigenvalue weighted by Gasteiger charge is 2.26. The molecule has 0 unspecified atom stereocenters. The van der Waals surface area contributed by atoms with Gasteiger partial charge in [-0.05, 0) is 44.7 Å². The lowest BCUT2D eigenvalue weighted by molar-refractivity contribution is -0.692. The Morgan fingerprint density at radius 1 is 0.872 bits per heavy atom. The van der Waals surface area contributed by atoms with E-state index >= 15 is 0 Å². The van der Waals surface area contributed by atoms with Crippen LogP contribution in [0.1, 0.15) is 141 Å². The SMILES string of the molecule is CCCCCCCCCCCCCCCCC[C@@H]1OC[C@@H](COC(=O)CCCCC[n+]2ccsc2)O1.Cc1ccc(S(=O)(=O)[O-])cc1. The molecule has 0 amide bonds. The van der Waals surface area contributed by atoms with E-state index in [1.165, 1.54) is 102 Å². The highest BCUT2D eigenvalue weighted by molar-refractivity contribution is 7.85. The van der Waals surface area contributed by atoms with Gasteiger partial charge in [0.1, 0.15) is 29.4 Å². The van der Waals surface area contributed by atoms with Crippen LogP contribution in [0.2, 0.25) is 0 Å². The molecule has 8 nitrogen and oxygen atoms in total. The molecule has 1 aromatic carbocycles. The number of hydrogen-bond acceptors (Lipinski definition) is 8. The number of unbranched alkanes of at least 4 members (excludes halogenated alkanes) is 16. The summed E-state index contributed by atoms with van der Waals surface area (Å²) in [5.41, 5.74) is 3.04. The quantitative estimate of drug-likeness (QED) is 0.0442. The molecule has 0 bridgehead atoms. The van der Waals surface area contributed by atoms with Gasteiger partial charge in [0.05, 0.1) is 16.9 Å². The average molecular weight is 696 g/mol. The van der Waals surface area contributed by atoms with Crippen LogP contribution in [0.3, 0.4) is 0 Å². The first-order valence-corrected chi connectivity index (χ1v) is 20.5. The first-order valence-electron chi connectivity index (χ1n) is 18.1. The number of thiazole rings is 1. The van der Waals surface area contributed by atoms with Gasteiger partial charge in [0.2, 0.25) is 5.51 Å². The van der Waals surface area contributed by atoms with E-state index in [-0.39, 0.29) is 23.3 Å². The second-order valence-corrected chi connectivity index (χ2v) is 14.9. The van der Waals surface area contributed by atoms with Crippen LogP contribution in [0.5, 0.6) is 0 Å². The second kappa shape index (κ2) is 26.1. The molecule has 1 aliphatic rings. The number of aromatic nitrogens is 1. The minimum atomic E-state index is -4.27. The minimum absolute atomic E-state index is 0.106. The molecule has 2 aromatic rings. The first kappa shape index (κ1) is 41.3. The van der Waals surface area contributed by atoms with E-state index in [4.69, 9.17) is 14.2 Å². The van der Waals surface area contributed by atoms with Crippen molar-refractivity contribution in [2.75, 3.05) is 13.2 Å². The summed E-state index contributed by atoms with van der Waals surface area (Å²) < 4.78 is 50.4. The van der Waals surface area contributed by atoms with Crippen LogP contribution in [0.25, 0.3) is 0 Å². The van der Waals surface area contributed by atoms with E-state index in [0.717, 1.165) is 44.2 Å². The number of hydrogen-bond donors (Lipinski definition) is 0. The fraction of sp³-hybridized carbons (Fsp3) is 0.730. The summed E-state index contributed by atoms with van der Waals surface area (Å²) in [4.78, 5) is 11.8. The zero-order chi connectivity index (χ0) is 34.0. The molecule has 10 heteroatoms. The first-order chi connectivity index (χ1) is 22.8. The van der Waals surface area contributed by atoms with Crippen molar-refractivity contribution in [1.29, 1.82) is 0 Å². The standard InChI is InChI=1S/C30H54NO4S.C7H8O3S/c1-2-3-4-5-6-7-8-9-10-11-12-13-14-15-18-21-30-34-26-28(35-30)25-33-29(32)20-17-16-19-22-31-23-24-36-27-31;1-6-2-4-7(5-3-6)11(8,9)10/h23-24,27-28,30H,2-22,25-26H2,1H3;2-5H,1H3,(H,8,9,10)/q+1;/p-1/t28-,30-;/m1./s1. The average Bonchev–Trinajstić information content (AvgIpc) is 3.74. The van der Waals surface area contributed by atoms with Gasteiger partial charge in [0.15, 0.2) is 12.5 Å². The van der Waals surface area contributed by atoms with Gasteiger partial charge in [-0.1, -0.05) is 126 Å². The number of carbonyl (C=O) groups excluding carboxylic acids is 1. The maximum absolute atomic E-state index is 12.0. The summed E-state index contributed by atoms with van der Waals surface area (Å²) in [6.45, 7) is 5.98. The summed E-state index contributed by atoms with van der Waals surface area (Å²) in [7, 11) is -4.27. The molecule has 268 valence electrons. The Hall–Kier alpha value is -1.85. The van der Waals surface area contributed by atoms with Crippen molar-refractivity contribution < 1.29 is 36.5 Å². The largest absolute Gasteiger partial charge is 0.744 e. The van der Waals surface area contributed by atoms with E-state index in [2.05, 4.69) is 28.6 Å². The fourth-order valence-electron chi connectivity index (χ4n) is 5.52. The molecule has 0 saturated carbocycles. The van der Waals surface area contributed by atoms with Gasteiger partial charge in [-0.25, -0.2) is 8.42 Å². The Balaban J connectivity index is 0.000000587. The molecule has 3 rings (SSSR count). The van der Waals surface area contributed by atoms with Crippen LogP contribution in [-0.2, 0) is 35.7 Å². The van der Waals surface area contributed by atoms with Crippen molar-refractivity contribution in [3.63, 3.8) is 0 Å². The molecular weight excluding hydrogens is 635 g/mol. The molecule has 1 fully saturated rings. The topological polar surface area (TPSA) is 106 Å². The summed E-state index contributed by atoms with van der Waals surface area (Å²) >= 11 is 1.71. The highest BCUT2D eigenvalue weighted by atomic mass is 32.2. The smallest absolute Gasteiger partial charge is 0.305 e. The fourth-order valence-corrected chi connectivity index (χ4v) is 6.62. The van der Waals surface area contributed by atoms with Gasteiger partial charge in [-0.15, -0.1) is 0 Å². The maximum Gasteiger partial charge on any atom is 0.305 e. The number of ether oxygens (including phenoxy) is 3. The van der Waals surface area contributed by atoms with E-state index in [1.54, 1.807) is 23.5 Å². The summed E-state index contributed by atoms with van der Waals surface area (Å²) in [6, 6.07) is 5.78. The van der Waals surface area contributed by atoms with Crippen LogP contribution < -0.4 is 4.57 Å². The molecule has 1 aromatic heterocycles. The van der Waals surface area contributed by atoms with Crippen molar-refractivity contribution in [2.45, 2.75) is 166 Å². The number of aryl methyl sites for hydroxylation is 2.